The average molecular weight is 452 g/mol. The summed E-state index contributed by atoms with van der Waals surface area (Å²) in [5, 5.41) is 6.36. The summed E-state index contributed by atoms with van der Waals surface area (Å²) in [6.07, 6.45) is 0.736. The van der Waals surface area contributed by atoms with Crippen molar-refractivity contribution in [1.82, 2.24) is 10.6 Å². The van der Waals surface area contributed by atoms with Gasteiger partial charge in [0.25, 0.3) is 11.8 Å². The Kier molecular flexibility index (Phi) is 7.76. The van der Waals surface area contributed by atoms with Crippen LogP contribution in [-0.4, -0.2) is 30.5 Å². The highest BCUT2D eigenvalue weighted by Crippen LogP contribution is 2.19. The molecule has 0 saturated heterocycles. The van der Waals surface area contributed by atoms with Gasteiger partial charge >= 0.3 is 0 Å². The van der Waals surface area contributed by atoms with Crippen LogP contribution in [0.2, 0.25) is 5.02 Å². The van der Waals surface area contributed by atoms with E-state index < -0.39 is 0 Å². The molecule has 0 heterocycles. The number of nitrogens with zero attached hydrogens (tertiary/aromatic N) is 1. The number of para-hydroxylation sites is 1. The Morgan fingerprint density at radius 3 is 2.26 bits per heavy atom. The molecule has 0 aliphatic heterocycles. The van der Waals surface area contributed by atoms with Gasteiger partial charge < -0.3 is 10.2 Å². The van der Waals surface area contributed by atoms with E-state index in [1.54, 1.807) is 54.4 Å². The van der Waals surface area contributed by atoms with Crippen LogP contribution in [0.5, 0.6) is 0 Å². The summed E-state index contributed by atoms with van der Waals surface area (Å²) in [6.45, 7) is 0.513. The van der Waals surface area contributed by atoms with E-state index in [9.17, 15) is 9.59 Å². The molecule has 158 valence electrons. The summed E-state index contributed by atoms with van der Waals surface area (Å²) in [5.74, 6) is -0.552. The van der Waals surface area contributed by atoms with Gasteiger partial charge in [-0.15, -0.1) is 0 Å². The standard InChI is InChI=1S/C24H22ClN3O2S/c1-28(24(31)27-22(29)18-11-13-19(25)14-12-18)21-10-6-5-9-20(21)23(30)26-16-15-17-7-3-2-4-8-17/h2-14H,15-16H2,1H3,(H,26,30)(H,27,29,31). The van der Waals surface area contributed by atoms with E-state index in [0.29, 0.717) is 28.4 Å². The van der Waals surface area contributed by atoms with Crippen LogP contribution in [-0.2, 0) is 6.42 Å². The van der Waals surface area contributed by atoms with Crippen molar-refractivity contribution in [3.63, 3.8) is 0 Å². The minimum absolute atomic E-state index is 0.185. The summed E-state index contributed by atoms with van der Waals surface area (Å²) < 4.78 is 0. The zero-order valence-electron chi connectivity index (χ0n) is 17.0. The first-order chi connectivity index (χ1) is 15.0. The molecule has 2 amide bonds. The molecule has 3 aromatic carbocycles. The van der Waals surface area contributed by atoms with Gasteiger partial charge in [0.1, 0.15) is 0 Å². The average Bonchev–Trinajstić information content (AvgIpc) is 2.79. The van der Waals surface area contributed by atoms with Gasteiger partial charge in [-0.3, -0.25) is 14.9 Å². The molecule has 5 nitrogen and oxygen atoms in total. The second-order valence-corrected chi connectivity index (χ2v) is 7.66. The van der Waals surface area contributed by atoms with Crippen molar-refractivity contribution in [2.45, 2.75) is 6.42 Å². The topological polar surface area (TPSA) is 61.4 Å². The molecule has 0 unspecified atom stereocenters. The summed E-state index contributed by atoms with van der Waals surface area (Å²) in [6, 6.07) is 23.6. The quantitative estimate of drug-likeness (QED) is 0.543. The zero-order chi connectivity index (χ0) is 22.2. The number of rotatable bonds is 6. The summed E-state index contributed by atoms with van der Waals surface area (Å²) >= 11 is 11.3. The van der Waals surface area contributed by atoms with E-state index in [1.165, 1.54) is 0 Å². The van der Waals surface area contributed by atoms with Crippen LogP contribution >= 0.6 is 23.8 Å². The normalized spacial score (nSPS) is 10.3. The van der Waals surface area contributed by atoms with Crippen molar-refractivity contribution in [2.24, 2.45) is 0 Å². The van der Waals surface area contributed by atoms with Crippen molar-refractivity contribution in [3.05, 3.63) is 101 Å². The third kappa shape index (κ3) is 6.13. The number of amides is 2. The van der Waals surface area contributed by atoms with E-state index in [4.69, 9.17) is 23.8 Å². The number of thiocarbonyl (C=S) groups is 1. The highest BCUT2D eigenvalue weighted by Gasteiger charge is 2.18. The van der Waals surface area contributed by atoms with Gasteiger partial charge in [-0.05, 0) is 60.6 Å². The lowest BCUT2D eigenvalue weighted by Gasteiger charge is -2.23. The predicted molar refractivity (Wildman–Crippen MR) is 129 cm³/mol. The van der Waals surface area contributed by atoms with Crippen LogP contribution < -0.4 is 15.5 Å². The number of nitrogens with one attached hydrogen (secondary N) is 2. The Morgan fingerprint density at radius 2 is 1.55 bits per heavy atom. The Morgan fingerprint density at radius 1 is 0.903 bits per heavy atom. The first-order valence-electron chi connectivity index (χ1n) is 9.71. The highest BCUT2D eigenvalue weighted by molar-refractivity contribution is 7.80. The highest BCUT2D eigenvalue weighted by atomic mass is 35.5. The minimum atomic E-state index is -0.349. The molecule has 3 aromatic rings. The Bertz CT molecular complexity index is 1070. The van der Waals surface area contributed by atoms with Crippen LogP contribution in [0.1, 0.15) is 26.3 Å². The van der Waals surface area contributed by atoms with Gasteiger partial charge in [-0.1, -0.05) is 54.1 Å². The Labute approximate surface area is 192 Å². The lowest BCUT2D eigenvalue weighted by Crippen LogP contribution is -2.41. The molecular formula is C24H22ClN3O2S. The second-order valence-electron chi connectivity index (χ2n) is 6.83. The second kappa shape index (κ2) is 10.7. The number of hydrogen-bond acceptors (Lipinski definition) is 3. The van der Waals surface area contributed by atoms with Gasteiger partial charge in [0.2, 0.25) is 0 Å². The maximum Gasteiger partial charge on any atom is 0.257 e. The molecule has 0 fully saturated rings. The van der Waals surface area contributed by atoms with E-state index in [1.807, 2.05) is 36.4 Å². The molecule has 0 aliphatic carbocycles. The van der Waals surface area contributed by atoms with Gasteiger partial charge in [-0.2, -0.15) is 0 Å². The number of benzene rings is 3. The number of carbonyl (C=O) groups excluding carboxylic acids is 2. The molecular weight excluding hydrogens is 430 g/mol. The van der Waals surface area contributed by atoms with E-state index in [2.05, 4.69) is 10.6 Å². The van der Waals surface area contributed by atoms with Crippen LogP contribution in [0, 0.1) is 0 Å². The predicted octanol–water partition coefficient (Wildman–Crippen LogP) is 4.46. The molecule has 0 spiro atoms. The summed E-state index contributed by atoms with van der Waals surface area (Å²) in [7, 11) is 1.71. The molecule has 0 radical (unpaired) electrons. The van der Waals surface area contributed by atoms with Crippen LogP contribution in [0.4, 0.5) is 5.69 Å². The molecule has 3 rings (SSSR count). The largest absolute Gasteiger partial charge is 0.352 e. The van der Waals surface area contributed by atoms with Gasteiger partial charge in [-0.25, -0.2) is 0 Å². The molecule has 7 heteroatoms. The summed E-state index contributed by atoms with van der Waals surface area (Å²) in [4.78, 5) is 26.8. The Hall–Kier alpha value is -3.22. The molecule has 0 aromatic heterocycles. The number of carbonyl (C=O) groups is 2. The fourth-order valence-electron chi connectivity index (χ4n) is 2.98. The fourth-order valence-corrected chi connectivity index (χ4v) is 3.30. The monoisotopic (exact) mass is 451 g/mol. The lowest BCUT2D eigenvalue weighted by atomic mass is 10.1. The first kappa shape index (κ1) is 22.5. The van der Waals surface area contributed by atoms with E-state index in [-0.39, 0.29) is 16.9 Å². The van der Waals surface area contributed by atoms with Crippen molar-refractivity contribution < 1.29 is 9.59 Å². The molecule has 2 N–H and O–H groups in total. The van der Waals surface area contributed by atoms with E-state index >= 15 is 0 Å². The fraction of sp³-hybridized carbons (Fsp3) is 0.125. The van der Waals surface area contributed by atoms with Crippen molar-refractivity contribution in [1.29, 1.82) is 0 Å². The first-order valence-corrected chi connectivity index (χ1v) is 10.5. The number of halogens is 1. The number of hydrogen-bond donors (Lipinski definition) is 2. The molecule has 31 heavy (non-hydrogen) atoms. The smallest absolute Gasteiger partial charge is 0.257 e. The van der Waals surface area contributed by atoms with Crippen LogP contribution in [0.15, 0.2) is 78.9 Å². The maximum absolute atomic E-state index is 12.8. The molecule has 0 saturated carbocycles. The van der Waals surface area contributed by atoms with Crippen LogP contribution in [0.25, 0.3) is 0 Å². The van der Waals surface area contributed by atoms with Crippen molar-refractivity contribution in [2.75, 3.05) is 18.5 Å². The third-order valence-corrected chi connectivity index (χ3v) is 5.31. The van der Waals surface area contributed by atoms with Gasteiger partial charge in [0, 0.05) is 24.2 Å². The van der Waals surface area contributed by atoms with Crippen LogP contribution in [0.3, 0.4) is 0 Å². The molecule has 0 bridgehead atoms. The van der Waals surface area contributed by atoms with E-state index in [0.717, 1.165) is 12.0 Å². The minimum Gasteiger partial charge on any atom is -0.352 e. The van der Waals surface area contributed by atoms with Crippen molar-refractivity contribution in [3.8, 4) is 0 Å². The third-order valence-electron chi connectivity index (χ3n) is 4.68. The Balaban J connectivity index is 1.65. The maximum atomic E-state index is 12.8. The van der Waals surface area contributed by atoms with Crippen molar-refractivity contribution >= 4 is 46.4 Å². The lowest BCUT2D eigenvalue weighted by molar-refractivity contribution is 0.0952. The summed E-state index contributed by atoms with van der Waals surface area (Å²) in [5.41, 5.74) is 2.66. The number of anilines is 1. The van der Waals surface area contributed by atoms with Gasteiger partial charge in [0.15, 0.2) is 5.11 Å². The molecule has 0 aliphatic rings. The van der Waals surface area contributed by atoms with Gasteiger partial charge in [0.05, 0.1) is 11.3 Å². The molecule has 0 atom stereocenters. The SMILES string of the molecule is CN(C(=S)NC(=O)c1ccc(Cl)cc1)c1ccccc1C(=O)NCCc1ccccc1. The zero-order valence-corrected chi connectivity index (χ0v) is 18.5.